The predicted octanol–water partition coefficient (Wildman–Crippen LogP) is 5.21. The minimum absolute atomic E-state index is 0.0467. The number of aliphatic hydroxyl groups excluding tert-OH is 1. The van der Waals surface area contributed by atoms with Crippen LogP contribution in [0.4, 0.5) is 0 Å². The third kappa shape index (κ3) is 3.65. The van der Waals surface area contributed by atoms with Gasteiger partial charge in [0.25, 0.3) is 11.7 Å². The van der Waals surface area contributed by atoms with Gasteiger partial charge in [-0.25, -0.2) is 0 Å². The van der Waals surface area contributed by atoms with Crippen molar-refractivity contribution in [2.45, 2.75) is 58.0 Å². The van der Waals surface area contributed by atoms with Crippen molar-refractivity contribution in [3.63, 3.8) is 0 Å². The van der Waals surface area contributed by atoms with Gasteiger partial charge in [0.2, 0.25) is 0 Å². The highest BCUT2D eigenvalue weighted by atomic mass is 32.1. The zero-order valence-electron chi connectivity index (χ0n) is 17.4. The fourth-order valence-electron chi connectivity index (χ4n) is 4.46. The molecule has 1 aromatic heterocycles. The van der Waals surface area contributed by atoms with Crippen molar-refractivity contribution in [3.05, 3.63) is 57.3 Å². The normalized spacial score (nSPS) is 21.5. The molecular formula is C24H27NO4S. The van der Waals surface area contributed by atoms with Crippen molar-refractivity contribution >= 4 is 28.8 Å². The Balaban J connectivity index is 1.78. The van der Waals surface area contributed by atoms with Gasteiger partial charge in [0.1, 0.15) is 11.5 Å². The highest BCUT2D eigenvalue weighted by Crippen LogP contribution is 2.44. The number of rotatable bonds is 6. The molecule has 4 rings (SSSR count). The Morgan fingerprint density at radius 2 is 2.00 bits per heavy atom. The van der Waals surface area contributed by atoms with Crippen molar-refractivity contribution in [1.82, 2.24) is 4.90 Å². The van der Waals surface area contributed by atoms with Gasteiger partial charge in [-0.15, -0.1) is 11.3 Å². The van der Waals surface area contributed by atoms with Crippen LogP contribution in [0.25, 0.3) is 5.76 Å². The minimum atomic E-state index is -0.596. The van der Waals surface area contributed by atoms with Crippen molar-refractivity contribution < 1.29 is 19.4 Å². The minimum Gasteiger partial charge on any atom is -0.507 e. The number of hydrogen-bond acceptors (Lipinski definition) is 5. The number of aryl methyl sites for hydroxylation is 1. The van der Waals surface area contributed by atoms with Crippen LogP contribution in [0, 0.1) is 6.92 Å². The van der Waals surface area contributed by atoms with Crippen LogP contribution in [0.5, 0.6) is 5.75 Å². The van der Waals surface area contributed by atoms with E-state index in [4.69, 9.17) is 4.74 Å². The van der Waals surface area contributed by atoms with Crippen LogP contribution in [0.1, 0.15) is 61.1 Å². The summed E-state index contributed by atoms with van der Waals surface area (Å²) in [5.41, 5.74) is 1.60. The van der Waals surface area contributed by atoms with E-state index in [0.29, 0.717) is 12.2 Å². The largest absolute Gasteiger partial charge is 0.507 e. The van der Waals surface area contributed by atoms with E-state index in [9.17, 15) is 14.7 Å². The average molecular weight is 426 g/mol. The van der Waals surface area contributed by atoms with E-state index in [1.165, 1.54) is 11.3 Å². The molecule has 2 aromatic rings. The molecule has 6 heteroatoms. The topological polar surface area (TPSA) is 66.8 Å². The molecule has 1 aliphatic carbocycles. The maximum absolute atomic E-state index is 13.1. The second kappa shape index (κ2) is 8.64. The quantitative estimate of drug-likeness (QED) is 0.392. The molecular weight excluding hydrogens is 398 g/mol. The van der Waals surface area contributed by atoms with Gasteiger partial charge in [0.05, 0.1) is 18.2 Å². The van der Waals surface area contributed by atoms with Crippen LogP contribution in [-0.4, -0.2) is 34.3 Å². The third-order valence-corrected chi connectivity index (χ3v) is 6.85. The number of ether oxygens (including phenoxy) is 1. The summed E-state index contributed by atoms with van der Waals surface area (Å²) in [6, 6.07) is 8.75. The first-order chi connectivity index (χ1) is 14.5. The van der Waals surface area contributed by atoms with Crippen molar-refractivity contribution in [3.8, 4) is 5.75 Å². The molecule has 0 spiro atoms. The van der Waals surface area contributed by atoms with E-state index < -0.39 is 17.7 Å². The number of thiophene rings is 1. The molecule has 2 fully saturated rings. The Labute approximate surface area is 181 Å². The van der Waals surface area contributed by atoms with E-state index >= 15 is 0 Å². The van der Waals surface area contributed by atoms with Gasteiger partial charge in [-0.3, -0.25) is 9.59 Å². The Morgan fingerprint density at radius 3 is 2.63 bits per heavy atom. The van der Waals surface area contributed by atoms with Gasteiger partial charge < -0.3 is 14.7 Å². The number of hydrogen-bond donors (Lipinski definition) is 1. The molecule has 1 saturated heterocycles. The molecule has 1 N–H and O–H groups in total. The fraction of sp³-hybridized carbons (Fsp3) is 0.417. The molecule has 0 bridgehead atoms. The first kappa shape index (κ1) is 20.7. The second-order valence-corrected chi connectivity index (χ2v) is 8.97. The highest BCUT2D eigenvalue weighted by molar-refractivity contribution is 7.10. The van der Waals surface area contributed by atoms with Crippen molar-refractivity contribution in [2.75, 3.05) is 6.61 Å². The molecule has 1 saturated carbocycles. The summed E-state index contributed by atoms with van der Waals surface area (Å²) in [6.07, 6.45) is 4.83. The summed E-state index contributed by atoms with van der Waals surface area (Å²) in [4.78, 5) is 28.7. The molecule has 1 unspecified atom stereocenters. The summed E-state index contributed by atoms with van der Waals surface area (Å²) < 4.78 is 5.72. The fourth-order valence-corrected chi connectivity index (χ4v) is 5.29. The van der Waals surface area contributed by atoms with Gasteiger partial charge in [-0.05, 0) is 61.4 Å². The molecule has 0 radical (unpaired) electrons. The van der Waals surface area contributed by atoms with Gasteiger partial charge >= 0.3 is 0 Å². The Morgan fingerprint density at radius 1 is 1.23 bits per heavy atom. The van der Waals surface area contributed by atoms with Crippen LogP contribution in [0.3, 0.4) is 0 Å². The Kier molecular flexibility index (Phi) is 5.95. The zero-order chi connectivity index (χ0) is 21.3. The van der Waals surface area contributed by atoms with E-state index in [0.717, 1.165) is 48.3 Å². The lowest BCUT2D eigenvalue weighted by Crippen LogP contribution is -2.37. The van der Waals surface area contributed by atoms with Crippen LogP contribution in [0.2, 0.25) is 0 Å². The summed E-state index contributed by atoms with van der Waals surface area (Å²) in [5, 5.41) is 13.1. The number of ketones is 1. The number of Topliss-reactive ketones (excluding diaryl/α,β-unsaturated/α-hetero) is 1. The SMILES string of the molecule is CCCOc1ccc(/C(O)=C2/C(=O)C(=O)N(C3CCCC3)C2c2cccs2)cc1C. The van der Waals surface area contributed by atoms with Gasteiger partial charge in [0.15, 0.2) is 0 Å². The van der Waals surface area contributed by atoms with Crippen LogP contribution < -0.4 is 4.74 Å². The summed E-state index contributed by atoms with van der Waals surface area (Å²) in [5.74, 6) is -0.449. The summed E-state index contributed by atoms with van der Waals surface area (Å²) in [6.45, 7) is 4.58. The van der Waals surface area contributed by atoms with Crippen molar-refractivity contribution in [1.29, 1.82) is 0 Å². The number of nitrogens with zero attached hydrogens (tertiary/aromatic N) is 1. The second-order valence-electron chi connectivity index (χ2n) is 7.99. The van der Waals surface area contributed by atoms with Crippen LogP contribution >= 0.6 is 11.3 Å². The molecule has 5 nitrogen and oxygen atoms in total. The monoisotopic (exact) mass is 425 g/mol. The molecule has 1 atom stereocenters. The lowest BCUT2D eigenvalue weighted by Gasteiger charge is -2.29. The number of amides is 1. The highest BCUT2D eigenvalue weighted by Gasteiger charge is 2.49. The smallest absolute Gasteiger partial charge is 0.295 e. The molecule has 2 heterocycles. The van der Waals surface area contributed by atoms with Gasteiger partial charge in [-0.2, -0.15) is 0 Å². The van der Waals surface area contributed by atoms with E-state index in [1.807, 2.05) is 43.5 Å². The maximum atomic E-state index is 13.1. The first-order valence-electron chi connectivity index (χ1n) is 10.6. The van der Waals surface area contributed by atoms with Gasteiger partial charge in [-0.1, -0.05) is 25.8 Å². The summed E-state index contributed by atoms with van der Waals surface area (Å²) in [7, 11) is 0. The van der Waals surface area contributed by atoms with E-state index in [1.54, 1.807) is 11.0 Å². The molecule has 1 aliphatic heterocycles. The third-order valence-electron chi connectivity index (χ3n) is 5.92. The lowest BCUT2D eigenvalue weighted by molar-refractivity contribution is -0.141. The average Bonchev–Trinajstić information content (AvgIpc) is 3.49. The molecule has 1 aromatic carbocycles. The van der Waals surface area contributed by atoms with E-state index in [-0.39, 0.29) is 17.4 Å². The van der Waals surface area contributed by atoms with Gasteiger partial charge in [0, 0.05) is 16.5 Å². The maximum Gasteiger partial charge on any atom is 0.295 e. The van der Waals surface area contributed by atoms with E-state index in [2.05, 4.69) is 0 Å². The molecule has 2 aliphatic rings. The standard InChI is InChI=1S/C24H27NO4S/c1-3-12-29-18-11-10-16(14-15(18)2)22(26)20-21(19-9-6-13-30-19)25(24(28)23(20)27)17-7-4-5-8-17/h6,9-11,13-14,17,21,26H,3-5,7-8,12H2,1-2H3/b22-20-. The van der Waals surface area contributed by atoms with Crippen molar-refractivity contribution in [2.24, 2.45) is 0 Å². The molecule has 1 amide bonds. The lowest BCUT2D eigenvalue weighted by atomic mass is 9.98. The number of benzene rings is 1. The number of carbonyl (C=O) groups is 2. The molecule has 30 heavy (non-hydrogen) atoms. The number of carbonyl (C=O) groups excluding carboxylic acids is 2. The number of likely N-dealkylation sites (tertiary alicyclic amines) is 1. The Bertz CT molecular complexity index is 973. The van der Waals surface area contributed by atoms with Crippen LogP contribution in [0.15, 0.2) is 41.3 Å². The van der Waals surface area contributed by atoms with Crippen LogP contribution in [-0.2, 0) is 9.59 Å². The Hall–Kier alpha value is -2.60. The summed E-state index contributed by atoms with van der Waals surface area (Å²) >= 11 is 1.51. The zero-order valence-corrected chi connectivity index (χ0v) is 18.2. The predicted molar refractivity (Wildman–Crippen MR) is 118 cm³/mol. The molecule has 158 valence electrons. The number of aliphatic hydroxyl groups is 1. The first-order valence-corrected chi connectivity index (χ1v) is 11.5.